The number of H-pyrrole nitrogens is 1. The summed E-state index contributed by atoms with van der Waals surface area (Å²) in [5.41, 5.74) is 2.80. The first kappa shape index (κ1) is 27.2. The average molecular weight is 568 g/mol. The van der Waals surface area contributed by atoms with Crippen molar-refractivity contribution in [1.82, 2.24) is 15.2 Å². The fourth-order valence-corrected chi connectivity index (χ4v) is 7.25. The molecule has 2 aromatic heterocycles. The number of likely N-dealkylation sites (tertiary alicyclic amines) is 1. The standard InChI is InChI=1S/C30H37N3O6S/c1-16-12-23(40-5)22(28(34)32-16)13-31-29(35)24-17(2)25-27(26-21(24)10-11-37-26)39-30(3,38-25)18-6-8-19(9-7-18)33-14-20(15-33)36-4/h10-12,18-20H,6-9,13-15H2,1-5H3,(H,31,35)(H,32,34)/t18?,19?,30-/m1/s1. The number of furan rings is 1. The predicted octanol–water partition coefficient (Wildman–Crippen LogP) is 4.77. The first-order chi connectivity index (χ1) is 19.2. The van der Waals surface area contributed by atoms with Crippen molar-refractivity contribution in [3.05, 3.63) is 51.1 Å². The summed E-state index contributed by atoms with van der Waals surface area (Å²) < 4.78 is 24.4. The van der Waals surface area contributed by atoms with Gasteiger partial charge in [0.05, 0.1) is 17.9 Å². The second-order valence-electron chi connectivity index (χ2n) is 11.4. The number of rotatable bonds is 7. The lowest BCUT2D eigenvalue weighted by molar-refractivity contribution is -0.130. The summed E-state index contributed by atoms with van der Waals surface area (Å²) in [5.74, 6) is 0.208. The zero-order chi connectivity index (χ0) is 28.2. The number of nitrogens with one attached hydrogen (secondary N) is 2. The van der Waals surface area contributed by atoms with E-state index in [1.807, 2.05) is 33.1 Å². The maximum Gasteiger partial charge on any atom is 0.254 e. The number of ether oxygens (including phenoxy) is 3. The van der Waals surface area contributed by atoms with Crippen molar-refractivity contribution >= 4 is 28.6 Å². The lowest BCUT2D eigenvalue weighted by atomic mass is 9.80. The summed E-state index contributed by atoms with van der Waals surface area (Å²) in [7, 11) is 1.78. The molecular weight excluding hydrogens is 530 g/mol. The predicted molar refractivity (Wildman–Crippen MR) is 153 cm³/mol. The maximum absolute atomic E-state index is 13.6. The van der Waals surface area contributed by atoms with Gasteiger partial charge in [-0.15, -0.1) is 11.8 Å². The fourth-order valence-electron chi connectivity index (χ4n) is 6.55. The Morgan fingerprint density at radius 2 is 1.93 bits per heavy atom. The molecule has 214 valence electrons. The van der Waals surface area contributed by atoms with Crippen LogP contribution in [0, 0.1) is 19.8 Å². The van der Waals surface area contributed by atoms with Crippen LogP contribution in [0.2, 0.25) is 0 Å². The van der Waals surface area contributed by atoms with Gasteiger partial charge in [-0.25, -0.2) is 0 Å². The number of hydrogen-bond acceptors (Lipinski definition) is 8. The second kappa shape index (κ2) is 10.5. The number of aromatic amines is 1. The third-order valence-electron chi connectivity index (χ3n) is 8.94. The van der Waals surface area contributed by atoms with Gasteiger partial charge in [-0.2, -0.15) is 0 Å². The molecule has 0 spiro atoms. The molecule has 40 heavy (non-hydrogen) atoms. The summed E-state index contributed by atoms with van der Waals surface area (Å²) in [6.07, 6.45) is 8.04. The van der Waals surface area contributed by atoms with Gasteiger partial charge in [0.15, 0.2) is 11.3 Å². The molecule has 3 aromatic rings. The van der Waals surface area contributed by atoms with Gasteiger partial charge in [-0.3, -0.25) is 14.5 Å². The molecule has 9 nitrogen and oxygen atoms in total. The number of carbonyl (C=O) groups excluding carboxylic acids is 1. The van der Waals surface area contributed by atoms with Crippen LogP contribution in [-0.2, 0) is 11.3 Å². The first-order valence-electron chi connectivity index (χ1n) is 14.0. The van der Waals surface area contributed by atoms with E-state index in [-0.39, 0.29) is 23.9 Å². The quantitative estimate of drug-likeness (QED) is 0.394. The van der Waals surface area contributed by atoms with Crippen molar-refractivity contribution in [2.24, 2.45) is 5.92 Å². The summed E-state index contributed by atoms with van der Waals surface area (Å²) in [6.45, 7) is 7.87. The van der Waals surface area contributed by atoms with Crippen molar-refractivity contribution < 1.29 is 23.4 Å². The summed E-state index contributed by atoms with van der Waals surface area (Å²) in [6, 6.07) is 4.28. The molecule has 3 aliphatic rings. The van der Waals surface area contributed by atoms with E-state index in [2.05, 4.69) is 15.2 Å². The lowest BCUT2D eigenvalue weighted by Gasteiger charge is -2.47. The molecule has 2 aliphatic heterocycles. The molecule has 2 N–H and O–H groups in total. The van der Waals surface area contributed by atoms with E-state index < -0.39 is 5.79 Å². The number of fused-ring (bicyclic) bond motifs is 3. The van der Waals surface area contributed by atoms with E-state index in [1.54, 1.807) is 19.4 Å². The maximum atomic E-state index is 13.6. The molecule has 1 aromatic carbocycles. The average Bonchev–Trinajstić information content (AvgIpc) is 3.53. The van der Waals surface area contributed by atoms with Crippen LogP contribution in [0.3, 0.4) is 0 Å². The highest BCUT2D eigenvalue weighted by molar-refractivity contribution is 7.98. The minimum absolute atomic E-state index is 0.112. The Morgan fingerprint density at radius 3 is 2.62 bits per heavy atom. The largest absolute Gasteiger partial charge is 0.460 e. The Morgan fingerprint density at radius 1 is 1.20 bits per heavy atom. The van der Waals surface area contributed by atoms with Gasteiger partial charge in [-0.1, -0.05) is 0 Å². The first-order valence-corrected chi connectivity index (χ1v) is 15.2. The fraction of sp³-hybridized carbons (Fsp3) is 0.533. The van der Waals surface area contributed by atoms with Gasteiger partial charge in [0.25, 0.3) is 17.3 Å². The molecule has 1 amide bonds. The van der Waals surface area contributed by atoms with Crippen LogP contribution in [0.1, 0.15) is 59.8 Å². The number of thioether (sulfide) groups is 1. The van der Waals surface area contributed by atoms with Crippen LogP contribution < -0.4 is 20.3 Å². The highest BCUT2D eigenvalue weighted by Crippen LogP contribution is 2.52. The number of benzene rings is 1. The molecule has 0 unspecified atom stereocenters. The Kier molecular flexibility index (Phi) is 7.13. The molecule has 4 heterocycles. The van der Waals surface area contributed by atoms with Crippen LogP contribution in [0.4, 0.5) is 0 Å². The smallest absolute Gasteiger partial charge is 0.254 e. The Hall–Kier alpha value is -2.95. The minimum Gasteiger partial charge on any atom is -0.460 e. The van der Waals surface area contributed by atoms with Gasteiger partial charge in [0, 0.05) is 72.7 Å². The van der Waals surface area contributed by atoms with Gasteiger partial charge in [0.1, 0.15) is 0 Å². The summed E-state index contributed by atoms with van der Waals surface area (Å²) in [4.78, 5) is 32.4. The van der Waals surface area contributed by atoms with E-state index in [4.69, 9.17) is 18.6 Å². The molecule has 6 rings (SSSR count). The summed E-state index contributed by atoms with van der Waals surface area (Å²) >= 11 is 1.48. The molecular formula is C30H37N3O6S. The third kappa shape index (κ3) is 4.59. The normalized spacial score (nSPS) is 24.8. The SMILES string of the molecule is COC1CN(C2CCC([C@]3(C)Oc4c(C)c(C(=O)NCc5c(SC)cc(C)[nH]c5=O)c5ccoc5c4O3)CC2)C1. The van der Waals surface area contributed by atoms with Gasteiger partial charge >= 0.3 is 0 Å². The molecule has 1 saturated carbocycles. The molecule has 2 fully saturated rings. The van der Waals surface area contributed by atoms with Crippen LogP contribution >= 0.6 is 11.8 Å². The zero-order valence-corrected chi connectivity index (χ0v) is 24.5. The number of carbonyl (C=O) groups is 1. The Bertz CT molecular complexity index is 1500. The Labute approximate surface area is 237 Å². The van der Waals surface area contributed by atoms with Crippen molar-refractivity contribution in [3.63, 3.8) is 0 Å². The van der Waals surface area contributed by atoms with E-state index >= 15 is 0 Å². The van der Waals surface area contributed by atoms with Crippen molar-refractivity contribution in [2.45, 2.75) is 75.8 Å². The van der Waals surface area contributed by atoms with E-state index in [1.165, 1.54) is 11.8 Å². The molecule has 10 heteroatoms. The van der Waals surface area contributed by atoms with Crippen LogP contribution in [0.5, 0.6) is 11.5 Å². The molecule has 1 atom stereocenters. The van der Waals surface area contributed by atoms with E-state index in [9.17, 15) is 9.59 Å². The van der Waals surface area contributed by atoms with E-state index in [0.29, 0.717) is 51.3 Å². The summed E-state index contributed by atoms with van der Waals surface area (Å²) in [5, 5.41) is 3.62. The van der Waals surface area contributed by atoms with Crippen LogP contribution in [0.25, 0.3) is 11.0 Å². The monoisotopic (exact) mass is 567 g/mol. The Balaban J connectivity index is 1.21. The number of methoxy groups -OCH3 is 1. The minimum atomic E-state index is -0.834. The second-order valence-corrected chi connectivity index (χ2v) is 12.2. The van der Waals surface area contributed by atoms with Crippen LogP contribution in [0.15, 0.2) is 32.5 Å². The highest BCUT2D eigenvalue weighted by atomic mass is 32.2. The number of pyridine rings is 1. The highest BCUT2D eigenvalue weighted by Gasteiger charge is 2.49. The topological polar surface area (TPSA) is 106 Å². The van der Waals surface area contributed by atoms with Crippen LogP contribution in [-0.4, -0.2) is 60.2 Å². The molecule has 1 saturated heterocycles. The van der Waals surface area contributed by atoms with E-state index in [0.717, 1.165) is 49.4 Å². The number of aryl methyl sites for hydroxylation is 1. The van der Waals surface area contributed by atoms with Crippen molar-refractivity contribution in [3.8, 4) is 11.5 Å². The number of aromatic nitrogens is 1. The number of nitrogens with zero attached hydrogens (tertiary/aromatic N) is 1. The van der Waals surface area contributed by atoms with Gasteiger partial charge in [0.2, 0.25) is 5.75 Å². The lowest BCUT2D eigenvalue weighted by Crippen LogP contribution is -2.57. The van der Waals surface area contributed by atoms with Gasteiger partial charge < -0.3 is 28.9 Å². The number of hydrogen-bond donors (Lipinski definition) is 2. The van der Waals surface area contributed by atoms with Crippen molar-refractivity contribution in [1.29, 1.82) is 0 Å². The van der Waals surface area contributed by atoms with Crippen molar-refractivity contribution in [2.75, 3.05) is 26.5 Å². The zero-order valence-electron chi connectivity index (χ0n) is 23.7. The third-order valence-corrected chi connectivity index (χ3v) is 9.74. The molecule has 0 radical (unpaired) electrons. The van der Waals surface area contributed by atoms with Gasteiger partial charge in [-0.05, 0) is 57.9 Å². The molecule has 0 bridgehead atoms. The molecule has 1 aliphatic carbocycles. The number of amides is 1.